The van der Waals surface area contributed by atoms with E-state index in [2.05, 4.69) is 23.3 Å². The number of rotatable bonds is 2. The van der Waals surface area contributed by atoms with Crippen LogP contribution in [-0.2, 0) is 16.0 Å². The standard InChI is InChI=1S/C14H19NO2S/c1-2-12-11-5-8-18-13(11)3-6-15(12)14(16)10-4-7-17-9-10/h5,8,10,12H,2-4,6-7,9H2,1H3. The minimum Gasteiger partial charge on any atom is -0.381 e. The van der Waals surface area contributed by atoms with Crippen molar-refractivity contribution in [3.63, 3.8) is 0 Å². The summed E-state index contributed by atoms with van der Waals surface area (Å²) in [6.07, 6.45) is 2.91. The molecule has 1 saturated heterocycles. The van der Waals surface area contributed by atoms with Crippen molar-refractivity contribution in [3.05, 3.63) is 21.9 Å². The van der Waals surface area contributed by atoms with Crippen molar-refractivity contribution in [1.82, 2.24) is 4.90 Å². The van der Waals surface area contributed by atoms with Gasteiger partial charge in [0.2, 0.25) is 5.91 Å². The monoisotopic (exact) mass is 265 g/mol. The summed E-state index contributed by atoms with van der Waals surface area (Å²) in [6, 6.07) is 2.48. The summed E-state index contributed by atoms with van der Waals surface area (Å²) in [5.74, 6) is 0.399. The van der Waals surface area contributed by atoms with Gasteiger partial charge in [0, 0.05) is 18.0 Å². The Balaban J connectivity index is 1.82. The summed E-state index contributed by atoms with van der Waals surface area (Å²) in [5.41, 5.74) is 1.38. The van der Waals surface area contributed by atoms with E-state index in [1.807, 2.05) is 11.3 Å². The molecule has 0 spiro atoms. The van der Waals surface area contributed by atoms with E-state index in [1.165, 1.54) is 10.4 Å². The number of ether oxygens (including phenoxy) is 1. The lowest BCUT2D eigenvalue weighted by Crippen LogP contribution is -2.42. The van der Waals surface area contributed by atoms with Gasteiger partial charge >= 0.3 is 0 Å². The molecule has 1 amide bonds. The van der Waals surface area contributed by atoms with Crippen molar-refractivity contribution < 1.29 is 9.53 Å². The van der Waals surface area contributed by atoms with Gasteiger partial charge < -0.3 is 9.64 Å². The molecular formula is C14H19NO2S. The summed E-state index contributed by atoms with van der Waals surface area (Å²) in [7, 11) is 0. The third-order valence-corrected chi connectivity index (χ3v) is 5.04. The Morgan fingerprint density at radius 1 is 1.61 bits per heavy atom. The van der Waals surface area contributed by atoms with Crippen LogP contribution in [0, 0.1) is 5.92 Å². The Hall–Kier alpha value is -0.870. The minimum atomic E-state index is 0.0965. The number of hydrogen-bond donors (Lipinski definition) is 0. The molecule has 2 atom stereocenters. The van der Waals surface area contributed by atoms with Gasteiger partial charge in [-0.2, -0.15) is 0 Å². The molecule has 0 N–H and O–H groups in total. The predicted octanol–water partition coefficient (Wildman–Crippen LogP) is 2.62. The number of carbonyl (C=O) groups excluding carboxylic acids is 1. The van der Waals surface area contributed by atoms with Crippen molar-refractivity contribution in [1.29, 1.82) is 0 Å². The van der Waals surface area contributed by atoms with Crippen molar-refractivity contribution >= 4 is 17.2 Å². The fraction of sp³-hybridized carbons (Fsp3) is 0.643. The van der Waals surface area contributed by atoms with Crippen molar-refractivity contribution in [3.8, 4) is 0 Å². The molecule has 98 valence electrons. The van der Waals surface area contributed by atoms with Crippen LogP contribution in [0.25, 0.3) is 0 Å². The molecule has 0 radical (unpaired) electrons. The van der Waals surface area contributed by atoms with Gasteiger partial charge in [0.25, 0.3) is 0 Å². The lowest BCUT2D eigenvalue weighted by Gasteiger charge is -2.36. The minimum absolute atomic E-state index is 0.0965. The van der Waals surface area contributed by atoms with E-state index >= 15 is 0 Å². The maximum absolute atomic E-state index is 12.6. The van der Waals surface area contributed by atoms with Gasteiger partial charge in [0.05, 0.1) is 18.6 Å². The van der Waals surface area contributed by atoms with E-state index in [9.17, 15) is 4.79 Å². The highest BCUT2D eigenvalue weighted by Crippen LogP contribution is 2.36. The molecule has 0 saturated carbocycles. The van der Waals surface area contributed by atoms with E-state index < -0.39 is 0 Å². The summed E-state index contributed by atoms with van der Waals surface area (Å²) in [4.78, 5) is 16.1. The molecule has 2 unspecified atom stereocenters. The van der Waals surface area contributed by atoms with E-state index in [4.69, 9.17) is 4.74 Å². The number of thiophene rings is 1. The van der Waals surface area contributed by atoms with Crippen molar-refractivity contribution in [2.75, 3.05) is 19.8 Å². The molecule has 1 fully saturated rings. The van der Waals surface area contributed by atoms with Crippen molar-refractivity contribution in [2.45, 2.75) is 32.2 Å². The molecule has 0 aromatic carbocycles. The van der Waals surface area contributed by atoms with Crippen molar-refractivity contribution in [2.24, 2.45) is 5.92 Å². The lowest BCUT2D eigenvalue weighted by molar-refractivity contribution is -0.138. The number of fused-ring (bicyclic) bond motifs is 1. The summed E-state index contributed by atoms with van der Waals surface area (Å²) in [5, 5.41) is 2.15. The maximum atomic E-state index is 12.6. The van der Waals surface area contributed by atoms with Crippen LogP contribution in [0.5, 0.6) is 0 Å². The number of hydrogen-bond acceptors (Lipinski definition) is 3. The van der Waals surface area contributed by atoms with Gasteiger partial charge in [0.15, 0.2) is 0 Å². The molecule has 3 nitrogen and oxygen atoms in total. The average molecular weight is 265 g/mol. The first-order valence-corrected chi connectivity index (χ1v) is 7.63. The lowest BCUT2D eigenvalue weighted by atomic mass is 9.95. The molecule has 0 bridgehead atoms. The van der Waals surface area contributed by atoms with Crippen LogP contribution >= 0.6 is 11.3 Å². The normalized spacial score (nSPS) is 27.3. The second-order valence-electron chi connectivity index (χ2n) is 5.07. The van der Waals surface area contributed by atoms with Crippen LogP contribution in [0.15, 0.2) is 11.4 Å². The zero-order chi connectivity index (χ0) is 12.5. The highest BCUT2D eigenvalue weighted by Gasteiger charge is 2.35. The van der Waals surface area contributed by atoms with E-state index in [-0.39, 0.29) is 12.0 Å². The first-order chi connectivity index (χ1) is 8.81. The van der Waals surface area contributed by atoms with Crippen LogP contribution in [0.1, 0.15) is 36.2 Å². The molecule has 18 heavy (non-hydrogen) atoms. The van der Waals surface area contributed by atoms with Gasteiger partial charge in [0.1, 0.15) is 0 Å². The van der Waals surface area contributed by atoms with Crippen LogP contribution in [0.3, 0.4) is 0 Å². The van der Waals surface area contributed by atoms with E-state index in [1.54, 1.807) is 0 Å². The van der Waals surface area contributed by atoms with Crippen LogP contribution in [-0.4, -0.2) is 30.6 Å². The molecule has 3 rings (SSSR count). The first-order valence-electron chi connectivity index (χ1n) is 6.75. The number of carbonyl (C=O) groups is 1. The zero-order valence-corrected chi connectivity index (χ0v) is 11.5. The first kappa shape index (κ1) is 12.2. The smallest absolute Gasteiger partial charge is 0.228 e. The van der Waals surface area contributed by atoms with Gasteiger partial charge in [-0.1, -0.05) is 6.92 Å². The Morgan fingerprint density at radius 3 is 3.22 bits per heavy atom. The third-order valence-electron chi connectivity index (χ3n) is 4.04. The molecule has 4 heteroatoms. The van der Waals surface area contributed by atoms with Crippen LogP contribution < -0.4 is 0 Å². The maximum Gasteiger partial charge on any atom is 0.228 e. The highest BCUT2D eigenvalue weighted by atomic mass is 32.1. The third kappa shape index (κ3) is 1.97. The fourth-order valence-electron chi connectivity index (χ4n) is 3.06. The molecular weight excluding hydrogens is 246 g/mol. The summed E-state index contributed by atoms with van der Waals surface area (Å²) < 4.78 is 5.35. The largest absolute Gasteiger partial charge is 0.381 e. The molecule has 1 aromatic heterocycles. The van der Waals surface area contributed by atoms with Gasteiger partial charge in [-0.15, -0.1) is 11.3 Å². The molecule has 2 aliphatic rings. The Morgan fingerprint density at radius 2 is 2.50 bits per heavy atom. The molecule has 1 aromatic rings. The predicted molar refractivity (Wildman–Crippen MR) is 71.7 cm³/mol. The van der Waals surface area contributed by atoms with E-state index in [0.29, 0.717) is 12.5 Å². The Bertz CT molecular complexity index is 437. The molecule has 0 aliphatic carbocycles. The number of nitrogens with zero attached hydrogens (tertiary/aromatic N) is 1. The van der Waals surface area contributed by atoms with Gasteiger partial charge in [-0.25, -0.2) is 0 Å². The van der Waals surface area contributed by atoms with Gasteiger partial charge in [-0.05, 0) is 36.3 Å². The van der Waals surface area contributed by atoms with Gasteiger partial charge in [-0.3, -0.25) is 4.79 Å². The van der Waals surface area contributed by atoms with Crippen LogP contribution in [0.4, 0.5) is 0 Å². The molecule has 3 heterocycles. The highest BCUT2D eigenvalue weighted by molar-refractivity contribution is 7.10. The molecule has 2 aliphatic heterocycles. The second kappa shape index (κ2) is 5.02. The SMILES string of the molecule is CCC1c2ccsc2CCN1C(=O)C1CCOC1. The van der Waals surface area contributed by atoms with Crippen LogP contribution in [0.2, 0.25) is 0 Å². The fourth-order valence-corrected chi connectivity index (χ4v) is 3.99. The van der Waals surface area contributed by atoms with E-state index in [0.717, 1.165) is 32.4 Å². The summed E-state index contributed by atoms with van der Waals surface area (Å²) in [6.45, 7) is 4.40. The second-order valence-corrected chi connectivity index (χ2v) is 6.07. The summed E-state index contributed by atoms with van der Waals surface area (Å²) >= 11 is 1.83. The topological polar surface area (TPSA) is 29.5 Å². The number of amides is 1. The Kier molecular flexibility index (Phi) is 3.39. The zero-order valence-electron chi connectivity index (χ0n) is 10.7. The quantitative estimate of drug-likeness (QED) is 0.822. The average Bonchev–Trinajstić information content (AvgIpc) is 3.06. The Labute approximate surface area is 112 Å².